The van der Waals surface area contributed by atoms with E-state index in [-0.39, 0.29) is 22.9 Å². The van der Waals surface area contributed by atoms with E-state index in [1.54, 1.807) is 18.2 Å². The maximum atomic E-state index is 12.9. The summed E-state index contributed by atoms with van der Waals surface area (Å²) >= 11 is 0. The van der Waals surface area contributed by atoms with Crippen LogP contribution in [-0.2, 0) is 4.79 Å². The highest BCUT2D eigenvalue weighted by molar-refractivity contribution is 6.23. The van der Waals surface area contributed by atoms with Crippen molar-refractivity contribution in [3.8, 4) is 11.5 Å². The minimum Gasteiger partial charge on any atom is -0.504 e. The van der Waals surface area contributed by atoms with Gasteiger partial charge in [0.2, 0.25) is 0 Å². The molecule has 0 aliphatic carbocycles. The Labute approximate surface area is 177 Å². The first-order valence-corrected chi connectivity index (χ1v) is 9.29. The zero-order valence-corrected chi connectivity index (χ0v) is 16.4. The van der Waals surface area contributed by atoms with Gasteiger partial charge in [-0.3, -0.25) is 14.9 Å². The van der Waals surface area contributed by atoms with Crippen molar-refractivity contribution in [2.45, 2.75) is 0 Å². The lowest BCUT2D eigenvalue weighted by atomic mass is 10.00. The number of carbonyl (C=O) groups is 1. The predicted molar refractivity (Wildman–Crippen MR) is 116 cm³/mol. The molecule has 0 spiro atoms. The first kappa shape index (κ1) is 19.8. The van der Waals surface area contributed by atoms with Crippen LogP contribution in [0.1, 0.15) is 16.7 Å². The standard InChI is InChI=1S/C23H17N3O5/c1-31-21-12-14(7-10-20(21)27)11-19-23(28)25-18-9-8-16(26(29)30)13-17(18)22(24-19)15-5-3-2-4-6-15/h2-13,27H,1H3,(H,25,28)/b19-11+. The Morgan fingerprint density at radius 3 is 2.58 bits per heavy atom. The van der Waals surface area contributed by atoms with Gasteiger partial charge in [0.05, 0.1) is 23.4 Å². The number of anilines is 1. The van der Waals surface area contributed by atoms with Crippen molar-refractivity contribution in [1.29, 1.82) is 0 Å². The number of hydrogen-bond donors (Lipinski definition) is 2. The molecule has 8 heteroatoms. The summed E-state index contributed by atoms with van der Waals surface area (Å²) in [5, 5.41) is 23.9. The zero-order valence-electron chi connectivity index (χ0n) is 16.4. The number of phenolic OH excluding ortho intramolecular Hbond substituents is 1. The van der Waals surface area contributed by atoms with E-state index >= 15 is 0 Å². The average molecular weight is 415 g/mol. The zero-order chi connectivity index (χ0) is 22.0. The molecule has 1 amide bonds. The normalized spacial score (nSPS) is 14.3. The van der Waals surface area contributed by atoms with Gasteiger partial charge >= 0.3 is 0 Å². The average Bonchev–Trinajstić information content (AvgIpc) is 2.91. The SMILES string of the molecule is COc1cc(/C=C2/N=C(c3ccccc3)c3cc([N+](=O)[O-])ccc3NC2=O)ccc1O. The van der Waals surface area contributed by atoms with E-state index in [1.165, 1.54) is 31.4 Å². The summed E-state index contributed by atoms with van der Waals surface area (Å²) < 4.78 is 5.12. The molecule has 3 aromatic rings. The molecular formula is C23H17N3O5. The number of non-ortho nitro benzene ring substituents is 1. The maximum Gasteiger partial charge on any atom is 0.274 e. The third kappa shape index (κ3) is 3.99. The number of methoxy groups -OCH3 is 1. The smallest absolute Gasteiger partial charge is 0.274 e. The van der Waals surface area contributed by atoms with Crippen molar-refractivity contribution < 1.29 is 19.6 Å². The summed E-state index contributed by atoms with van der Waals surface area (Å²) in [6, 6.07) is 18.0. The number of aromatic hydroxyl groups is 1. The van der Waals surface area contributed by atoms with Crippen LogP contribution < -0.4 is 10.1 Å². The number of nitrogens with one attached hydrogen (secondary N) is 1. The van der Waals surface area contributed by atoms with Gasteiger partial charge in [-0.25, -0.2) is 4.99 Å². The number of fused-ring (bicyclic) bond motifs is 1. The second-order valence-corrected chi connectivity index (χ2v) is 6.73. The highest BCUT2D eigenvalue weighted by Crippen LogP contribution is 2.31. The second kappa shape index (κ2) is 8.11. The van der Waals surface area contributed by atoms with Crippen LogP contribution in [0.25, 0.3) is 6.08 Å². The van der Waals surface area contributed by atoms with Gasteiger partial charge in [-0.1, -0.05) is 36.4 Å². The Morgan fingerprint density at radius 2 is 1.87 bits per heavy atom. The molecular weight excluding hydrogens is 398 g/mol. The monoisotopic (exact) mass is 415 g/mol. The van der Waals surface area contributed by atoms with E-state index in [0.29, 0.717) is 28.1 Å². The van der Waals surface area contributed by atoms with Gasteiger partial charge in [-0.15, -0.1) is 0 Å². The van der Waals surface area contributed by atoms with E-state index in [4.69, 9.17) is 4.74 Å². The first-order valence-electron chi connectivity index (χ1n) is 9.29. The molecule has 0 aromatic heterocycles. The molecule has 8 nitrogen and oxygen atoms in total. The summed E-state index contributed by atoms with van der Waals surface area (Å²) in [5.74, 6) is -0.231. The predicted octanol–water partition coefficient (Wildman–Crippen LogP) is 4.14. The number of ether oxygens (including phenoxy) is 1. The number of aliphatic imine (C=N–C) groups is 1. The molecule has 0 atom stereocenters. The Balaban J connectivity index is 1.91. The second-order valence-electron chi connectivity index (χ2n) is 6.73. The fourth-order valence-corrected chi connectivity index (χ4v) is 3.22. The minimum atomic E-state index is -0.491. The molecule has 1 aliphatic heterocycles. The van der Waals surface area contributed by atoms with Gasteiger partial charge in [0, 0.05) is 23.3 Å². The fourth-order valence-electron chi connectivity index (χ4n) is 3.22. The molecule has 31 heavy (non-hydrogen) atoms. The molecule has 0 radical (unpaired) electrons. The molecule has 0 fully saturated rings. The largest absolute Gasteiger partial charge is 0.504 e. The van der Waals surface area contributed by atoms with Crippen LogP contribution in [0.5, 0.6) is 11.5 Å². The van der Waals surface area contributed by atoms with Crippen LogP contribution in [-0.4, -0.2) is 28.8 Å². The Hall–Kier alpha value is -4.46. The van der Waals surface area contributed by atoms with Gasteiger partial charge in [-0.2, -0.15) is 0 Å². The molecule has 1 heterocycles. The lowest BCUT2D eigenvalue weighted by Crippen LogP contribution is -2.12. The maximum absolute atomic E-state index is 12.9. The van der Waals surface area contributed by atoms with Gasteiger partial charge < -0.3 is 15.2 Å². The lowest BCUT2D eigenvalue weighted by Gasteiger charge is -2.09. The third-order valence-electron chi connectivity index (χ3n) is 4.74. The molecule has 3 aromatic carbocycles. The number of rotatable bonds is 4. The van der Waals surface area contributed by atoms with Crippen LogP contribution >= 0.6 is 0 Å². The van der Waals surface area contributed by atoms with Crippen molar-refractivity contribution in [3.05, 3.63) is 99.2 Å². The number of benzodiazepines with no additional fused rings is 1. The van der Waals surface area contributed by atoms with Gasteiger partial charge in [-0.05, 0) is 29.8 Å². The molecule has 1 aliphatic rings. The molecule has 0 saturated heterocycles. The Kier molecular flexibility index (Phi) is 5.19. The number of amides is 1. The van der Waals surface area contributed by atoms with Gasteiger partial charge in [0.1, 0.15) is 5.70 Å². The summed E-state index contributed by atoms with van der Waals surface area (Å²) in [7, 11) is 1.43. The van der Waals surface area contributed by atoms with E-state index in [9.17, 15) is 20.0 Å². The number of phenols is 1. The molecule has 0 bridgehead atoms. The van der Waals surface area contributed by atoms with E-state index < -0.39 is 10.8 Å². The van der Waals surface area contributed by atoms with Crippen LogP contribution in [0.2, 0.25) is 0 Å². The summed E-state index contributed by atoms with van der Waals surface area (Å²) in [5.41, 5.74) is 2.58. The van der Waals surface area contributed by atoms with E-state index in [0.717, 1.165) is 0 Å². The highest BCUT2D eigenvalue weighted by atomic mass is 16.6. The molecule has 2 N–H and O–H groups in total. The molecule has 0 saturated carbocycles. The topological polar surface area (TPSA) is 114 Å². The number of nitro groups is 1. The number of benzene rings is 3. The number of carbonyl (C=O) groups excluding carboxylic acids is 1. The molecule has 0 unspecified atom stereocenters. The van der Waals surface area contributed by atoms with Crippen LogP contribution in [0, 0.1) is 10.1 Å². The third-order valence-corrected chi connectivity index (χ3v) is 4.74. The molecule has 4 rings (SSSR count). The van der Waals surface area contributed by atoms with Crippen molar-refractivity contribution in [2.24, 2.45) is 4.99 Å². The highest BCUT2D eigenvalue weighted by Gasteiger charge is 2.24. The number of hydrogen-bond acceptors (Lipinski definition) is 6. The quantitative estimate of drug-likeness (QED) is 0.378. The van der Waals surface area contributed by atoms with E-state index in [2.05, 4.69) is 10.3 Å². The van der Waals surface area contributed by atoms with Crippen molar-refractivity contribution in [2.75, 3.05) is 12.4 Å². The van der Waals surface area contributed by atoms with Crippen LogP contribution in [0.4, 0.5) is 11.4 Å². The fraction of sp³-hybridized carbons (Fsp3) is 0.0435. The summed E-state index contributed by atoms with van der Waals surface area (Å²) in [6.07, 6.45) is 1.56. The van der Waals surface area contributed by atoms with Gasteiger partial charge in [0.15, 0.2) is 11.5 Å². The summed E-state index contributed by atoms with van der Waals surface area (Å²) in [4.78, 5) is 28.3. The lowest BCUT2D eigenvalue weighted by molar-refractivity contribution is -0.384. The molecule has 154 valence electrons. The van der Waals surface area contributed by atoms with Crippen molar-refractivity contribution >= 4 is 29.1 Å². The number of nitrogens with zero attached hydrogens (tertiary/aromatic N) is 2. The first-order chi connectivity index (χ1) is 15.0. The minimum absolute atomic E-state index is 0.0249. The van der Waals surface area contributed by atoms with Crippen LogP contribution in [0.3, 0.4) is 0 Å². The van der Waals surface area contributed by atoms with Crippen molar-refractivity contribution in [1.82, 2.24) is 0 Å². The number of nitro benzene ring substituents is 1. The Morgan fingerprint density at radius 1 is 1.10 bits per heavy atom. The van der Waals surface area contributed by atoms with Crippen molar-refractivity contribution in [3.63, 3.8) is 0 Å². The van der Waals surface area contributed by atoms with E-state index in [1.807, 2.05) is 30.3 Å². The Bertz CT molecular complexity index is 1250. The van der Waals surface area contributed by atoms with Gasteiger partial charge in [0.25, 0.3) is 11.6 Å². The summed E-state index contributed by atoms with van der Waals surface area (Å²) in [6.45, 7) is 0. The van der Waals surface area contributed by atoms with Crippen LogP contribution in [0.15, 0.2) is 77.4 Å².